The van der Waals surface area contributed by atoms with Crippen LogP contribution in [0.3, 0.4) is 0 Å². The number of nitrogens with zero attached hydrogens (tertiary/aromatic N) is 4. The summed E-state index contributed by atoms with van der Waals surface area (Å²) >= 11 is 6.38. The Balaban J connectivity index is 1.59. The fraction of sp³-hybridized carbons (Fsp3) is 0.238. The zero-order chi connectivity index (χ0) is 20.1. The minimum absolute atomic E-state index is 0.000768. The number of nitrogens with one attached hydrogen (secondary N) is 2. The molecule has 1 amide bonds. The van der Waals surface area contributed by atoms with Crippen LogP contribution in [0.4, 0.5) is 17.5 Å². The van der Waals surface area contributed by atoms with Gasteiger partial charge in [0.1, 0.15) is 0 Å². The molecule has 1 aliphatic heterocycles. The number of amides is 1. The molecular formula is C21H21ClN6O. The largest absolute Gasteiger partial charge is 0.324 e. The summed E-state index contributed by atoms with van der Waals surface area (Å²) < 4.78 is 0. The molecule has 3 heterocycles. The van der Waals surface area contributed by atoms with E-state index in [0.29, 0.717) is 28.9 Å². The lowest BCUT2D eigenvalue weighted by molar-refractivity contribution is 0.0971. The van der Waals surface area contributed by atoms with Crippen molar-refractivity contribution >= 4 is 35.0 Å². The second kappa shape index (κ2) is 8.98. The summed E-state index contributed by atoms with van der Waals surface area (Å²) in [5, 5.41) is 6.94. The average Bonchev–Trinajstić information content (AvgIpc) is 2.77. The standard InChI is InChI=1S/C21H21ClN6O/c22-18-5-2-11-24-19(18)28(17-4-1-10-23-14-17)20(29)15-6-8-16(9-7-15)27-21-25-12-3-13-26-21/h2-3,5-9,11-13,17,23H,1,4,10,14H2,(H,25,26,27)/t17-/m1/s1. The van der Waals surface area contributed by atoms with Crippen molar-refractivity contribution in [2.75, 3.05) is 23.3 Å². The summed E-state index contributed by atoms with van der Waals surface area (Å²) in [6, 6.07) is 12.5. The quantitative estimate of drug-likeness (QED) is 0.670. The number of pyridine rings is 1. The van der Waals surface area contributed by atoms with Gasteiger partial charge in [-0.2, -0.15) is 0 Å². The van der Waals surface area contributed by atoms with Gasteiger partial charge in [0.05, 0.1) is 11.1 Å². The van der Waals surface area contributed by atoms with Crippen molar-refractivity contribution in [1.82, 2.24) is 20.3 Å². The van der Waals surface area contributed by atoms with Crippen LogP contribution in [0.25, 0.3) is 0 Å². The van der Waals surface area contributed by atoms with E-state index in [4.69, 9.17) is 11.6 Å². The average molecular weight is 409 g/mol. The summed E-state index contributed by atoms with van der Waals surface area (Å²) in [5.74, 6) is 0.872. The van der Waals surface area contributed by atoms with Gasteiger partial charge in [-0.05, 0) is 61.9 Å². The second-order valence-electron chi connectivity index (χ2n) is 6.76. The zero-order valence-corrected chi connectivity index (χ0v) is 16.5. The van der Waals surface area contributed by atoms with Crippen LogP contribution in [0, 0.1) is 0 Å². The molecule has 0 spiro atoms. The molecule has 1 saturated heterocycles. The maximum absolute atomic E-state index is 13.4. The van der Waals surface area contributed by atoms with Crippen LogP contribution in [0.2, 0.25) is 5.02 Å². The second-order valence-corrected chi connectivity index (χ2v) is 7.17. The van der Waals surface area contributed by atoms with Gasteiger partial charge in [-0.25, -0.2) is 15.0 Å². The molecule has 1 atom stereocenters. The van der Waals surface area contributed by atoms with E-state index in [1.165, 1.54) is 0 Å². The van der Waals surface area contributed by atoms with E-state index >= 15 is 0 Å². The maximum atomic E-state index is 13.4. The van der Waals surface area contributed by atoms with Crippen molar-refractivity contribution in [3.05, 3.63) is 71.6 Å². The number of hydrogen-bond donors (Lipinski definition) is 2. The fourth-order valence-corrected chi connectivity index (χ4v) is 3.58. The van der Waals surface area contributed by atoms with Crippen molar-refractivity contribution in [3.63, 3.8) is 0 Å². The SMILES string of the molecule is O=C(c1ccc(Nc2ncccn2)cc1)N(c1ncccc1Cl)[C@@H]1CCCNC1. The first-order chi connectivity index (χ1) is 14.2. The van der Waals surface area contributed by atoms with Crippen LogP contribution in [-0.2, 0) is 0 Å². The molecule has 2 aromatic heterocycles. The Bertz CT molecular complexity index is 960. The molecule has 0 bridgehead atoms. The zero-order valence-electron chi connectivity index (χ0n) is 15.8. The van der Waals surface area contributed by atoms with Gasteiger partial charge < -0.3 is 10.6 Å². The molecule has 1 fully saturated rings. The highest BCUT2D eigenvalue weighted by Gasteiger charge is 2.30. The molecule has 7 nitrogen and oxygen atoms in total. The number of piperidine rings is 1. The van der Waals surface area contributed by atoms with Crippen LogP contribution in [0.5, 0.6) is 0 Å². The van der Waals surface area contributed by atoms with E-state index in [1.807, 2.05) is 12.1 Å². The summed E-state index contributed by atoms with van der Waals surface area (Å²) in [4.78, 5) is 27.8. The Morgan fingerprint density at radius 1 is 1.07 bits per heavy atom. The minimum atomic E-state index is -0.123. The molecule has 0 aliphatic carbocycles. The number of carbonyl (C=O) groups is 1. The van der Waals surface area contributed by atoms with Crippen LogP contribution < -0.4 is 15.5 Å². The van der Waals surface area contributed by atoms with Gasteiger partial charge in [0.25, 0.3) is 5.91 Å². The lowest BCUT2D eigenvalue weighted by atomic mass is 10.0. The van der Waals surface area contributed by atoms with Gasteiger partial charge in [-0.1, -0.05) is 11.6 Å². The first-order valence-corrected chi connectivity index (χ1v) is 9.89. The predicted octanol–water partition coefficient (Wildman–Crippen LogP) is 3.67. The van der Waals surface area contributed by atoms with Gasteiger partial charge in [0, 0.05) is 36.4 Å². The van der Waals surface area contributed by atoms with Crippen LogP contribution >= 0.6 is 11.6 Å². The van der Waals surface area contributed by atoms with Gasteiger partial charge in [-0.3, -0.25) is 9.69 Å². The summed E-state index contributed by atoms with van der Waals surface area (Å²) in [7, 11) is 0. The molecule has 0 unspecified atom stereocenters. The predicted molar refractivity (Wildman–Crippen MR) is 114 cm³/mol. The number of benzene rings is 1. The van der Waals surface area contributed by atoms with E-state index in [1.54, 1.807) is 53.8 Å². The van der Waals surface area contributed by atoms with Crippen LogP contribution in [0.15, 0.2) is 61.1 Å². The van der Waals surface area contributed by atoms with Gasteiger partial charge >= 0.3 is 0 Å². The van der Waals surface area contributed by atoms with Crippen LogP contribution in [0.1, 0.15) is 23.2 Å². The van der Waals surface area contributed by atoms with Gasteiger partial charge in [0.2, 0.25) is 5.95 Å². The maximum Gasteiger partial charge on any atom is 0.259 e. The molecule has 29 heavy (non-hydrogen) atoms. The smallest absolute Gasteiger partial charge is 0.259 e. The van der Waals surface area contributed by atoms with Gasteiger partial charge in [-0.15, -0.1) is 0 Å². The Kier molecular flexibility index (Phi) is 5.97. The lowest BCUT2D eigenvalue weighted by Crippen LogP contribution is -2.49. The molecular weight excluding hydrogens is 388 g/mol. The summed E-state index contributed by atoms with van der Waals surface area (Å²) in [6.45, 7) is 1.67. The van der Waals surface area contributed by atoms with Gasteiger partial charge in [0.15, 0.2) is 5.82 Å². The number of hydrogen-bond acceptors (Lipinski definition) is 6. The highest BCUT2D eigenvalue weighted by Crippen LogP contribution is 2.28. The topological polar surface area (TPSA) is 83.0 Å². The molecule has 0 saturated carbocycles. The fourth-order valence-electron chi connectivity index (χ4n) is 3.37. The van der Waals surface area contributed by atoms with E-state index in [9.17, 15) is 4.79 Å². The molecule has 2 N–H and O–H groups in total. The van der Waals surface area contributed by atoms with E-state index in [2.05, 4.69) is 25.6 Å². The van der Waals surface area contributed by atoms with E-state index < -0.39 is 0 Å². The van der Waals surface area contributed by atoms with E-state index in [-0.39, 0.29) is 11.9 Å². The van der Waals surface area contributed by atoms with Crippen molar-refractivity contribution < 1.29 is 4.79 Å². The highest BCUT2D eigenvalue weighted by molar-refractivity contribution is 6.33. The number of halogens is 1. The molecule has 1 aromatic carbocycles. The van der Waals surface area contributed by atoms with Crippen molar-refractivity contribution in [3.8, 4) is 0 Å². The first-order valence-electron chi connectivity index (χ1n) is 9.51. The number of rotatable bonds is 5. The van der Waals surface area contributed by atoms with Crippen molar-refractivity contribution in [2.45, 2.75) is 18.9 Å². The Labute approximate surface area is 174 Å². The molecule has 4 rings (SSSR count). The minimum Gasteiger partial charge on any atom is -0.324 e. The monoisotopic (exact) mass is 408 g/mol. The number of anilines is 3. The summed E-state index contributed by atoms with van der Waals surface area (Å²) in [5.41, 5.74) is 1.37. The number of carbonyl (C=O) groups excluding carboxylic acids is 1. The highest BCUT2D eigenvalue weighted by atomic mass is 35.5. The third kappa shape index (κ3) is 4.52. The molecule has 148 valence electrons. The molecule has 8 heteroatoms. The van der Waals surface area contributed by atoms with Crippen molar-refractivity contribution in [1.29, 1.82) is 0 Å². The normalized spacial score (nSPS) is 16.2. The molecule has 0 radical (unpaired) electrons. The molecule has 1 aliphatic rings. The Hall–Kier alpha value is -3.03. The Morgan fingerprint density at radius 3 is 2.52 bits per heavy atom. The Morgan fingerprint density at radius 2 is 1.83 bits per heavy atom. The third-order valence-corrected chi connectivity index (χ3v) is 5.07. The summed E-state index contributed by atoms with van der Waals surface area (Å²) in [6.07, 6.45) is 6.89. The lowest BCUT2D eigenvalue weighted by Gasteiger charge is -2.34. The van der Waals surface area contributed by atoms with Crippen molar-refractivity contribution in [2.24, 2.45) is 0 Å². The van der Waals surface area contributed by atoms with Crippen LogP contribution in [-0.4, -0.2) is 40.0 Å². The van der Waals surface area contributed by atoms with E-state index in [0.717, 1.165) is 25.1 Å². The number of aromatic nitrogens is 3. The third-order valence-electron chi connectivity index (χ3n) is 4.78. The molecule has 3 aromatic rings. The first kappa shape index (κ1) is 19.3.